The van der Waals surface area contributed by atoms with Crippen molar-refractivity contribution in [3.8, 4) is 11.5 Å². The van der Waals surface area contributed by atoms with Crippen molar-refractivity contribution < 1.29 is 19.1 Å². The first-order chi connectivity index (χ1) is 12.8. The third kappa shape index (κ3) is 4.53. The summed E-state index contributed by atoms with van der Waals surface area (Å²) in [6.07, 6.45) is 1.56. The molecule has 0 aliphatic carbocycles. The van der Waals surface area contributed by atoms with E-state index in [-0.39, 0.29) is 11.8 Å². The van der Waals surface area contributed by atoms with Crippen LogP contribution in [0.3, 0.4) is 0 Å². The Balaban J connectivity index is 1.72. The molecule has 2 N–H and O–H groups in total. The summed E-state index contributed by atoms with van der Waals surface area (Å²) >= 11 is 0. The fraction of sp³-hybridized carbons (Fsp3) is 0.300. The highest BCUT2D eigenvalue weighted by atomic mass is 16.5. The van der Waals surface area contributed by atoms with Crippen molar-refractivity contribution in [2.45, 2.75) is 12.8 Å². The average Bonchev–Trinajstić information content (AvgIpc) is 2.67. The molecule has 1 aliphatic rings. The van der Waals surface area contributed by atoms with E-state index < -0.39 is 0 Å². The van der Waals surface area contributed by atoms with Crippen LogP contribution in [-0.4, -0.2) is 38.1 Å². The number of carbonyl (C=O) groups is 2. The van der Waals surface area contributed by atoms with Crippen molar-refractivity contribution in [2.24, 2.45) is 0 Å². The van der Waals surface area contributed by atoms with Crippen LogP contribution < -0.4 is 20.1 Å². The van der Waals surface area contributed by atoms with E-state index in [1.807, 2.05) is 12.1 Å². The van der Waals surface area contributed by atoms with Gasteiger partial charge in [0.25, 0.3) is 11.8 Å². The Labute approximate surface area is 152 Å². The zero-order valence-corrected chi connectivity index (χ0v) is 14.5. The number of carbonyl (C=O) groups excluding carboxylic acids is 2. The fourth-order valence-corrected chi connectivity index (χ4v) is 2.67. The van der Waals surface area contributed by atoms with Crippen LogP contribution in [0.1, 0.15) is 33.6 Å². The van der Waals surface area contributed by atoms with E-state index in [0.717, 1.165) is 12.8 Å². The number of fused-ring (bicyclic) bond motifs is 2. The number of rotatable bonds is 0. The predicted octanol–water partition coefficient (Wildman–Crippen LogP) is 2.40. The van der Waals surface area contributed by atoms with Gasteiger partial charge >= 0.3 is 0 Å². The third-order valence-electron chi connectivity index (χ3n) is 4.01. The molecular formula is C20H22N2O4. The van der Waals surface area contributed by atoms with Crippen LogP contribution in [-0.2, 0) is 0 Å². The van der Waals surface area contributed by atoms with E-state index >= 15 is 0 Å². The molecule has 0 radical (unpaired) electrons. The van der Waals surface area contributed by atoms with Gasteiger partial charge in [0.2, 0.25) is 0 Å². The van der Waals surface area contributed by atoms with Gasteiger partial charge in [-0.25, -0.2) is 0 Å². The van der Waals surface area contributed by atoms with Gasteiger partial charge in [0, 0.05) is 13.1 Å². The minimum absolute atomic E-state index is 0.217. The number of amides is 2. The van der Waals surface area contributed by atoms with Gasteiger partial charge in [0.05, 0.1) is 24.3 Å². The van der Waals surface area contributed by atoms with Crippen LogP contribution in [0.4, 0.5) is 0 Å². The summed E-state index contributed by atoms with van der Waals surface area (Å²) in [6, 6.07) is 14.3. The molecule has 0 fully saturated rings. The summed E-state index contributed by atoms with van der Waals surface area (Å²) in [4.78, 5) is 24.7. The highest BCUT2D eigenvalue weighted by Crippen LogP contribution is 2.20. The molecule has 6 nitrogen and oxygen atoms in total. The number of nitrogens with one attached hydrogen (secondary N) is 2. The molecule has 0 saturated heterocycles. The molecule has 0 bridgehead atoms. The summed E-state index contributed by atoms with van der Waals surface area (Å²) in [5, 5.41) is 5.60. The van der Waals surface area contributed by atoms with Crippen LogP contribution in [0, 0.1) is 0 Å². The molecule has 26 heavy (non-hydrogen) atoms. The average molecular weight is 354 g/mol. The van der Waals surface area contributed by atoms with Gasteiger partial charge in [0.1, 0.15) is 11.5 Å². The Hall–Kier alpha value is -3.02. The molecule has 1 heterocycles. The normalized spacial score (nSPS) is 16.2. The van der Waals surface area contributed by atoms with Gasteiger partial charge in [-0.2, -0.15) is 0 Å². The Morgan fingerprint density at radius 3 is 1.54 bits per heavy atom. The van der Waals surface area contributed by atoms with Gasteiger partial charge in [-0.3, -0.25) is 9.59 Å². The van der Waals surface area contributed by atoms with Crippen molar-refractivity contribution in [1.29, 1.82) is 0 Å². The van der Waals surface area contributed by atoms with Gasteiger partial charge in [0.15, 0.2) is 0 Å². The van der Waals surface area contributed by atoms with Crippen LogP contribution in [0.2, 0.25) is 0 Å². The molecule has 6 heteroatoms. The predicted molar refractivity (Wildman–Crippen MR) is 97.8 cm³/mol. The van der Waals surface area contributed by atoms with Crippen LogP contribution in [0.15, 0.2) is 48.5 Å². The van der Waals surface area contributed by atoms with Crippen LogP contribution in [0.25, 0.3) is 0 Å². The van der Waals surface area contributed by atoms with Gasteiger partial charge < -0.3 is 20.1 Å². The minimum atomic E-state index is -0.217. The summed E-state index contributed by atoms with van der Waals surface area (Å²) in [5.74, 6) is 0.691. The number of benzene rings is 2. The van der Waals surface area contributed by atoms with Crippen molar-refractivity contribution >= 4 is 11.8 Å². The molecule has 2 amide bonds. The lowest BCUT2D eigenvalue weighted by Crippen LogP contribution is -2.35. The molecule has 136 valence electrons. The van der Waals surface area contributed by atoms with Crippen molar-refractivity contribution in [1.82, 2.24) is 10.6 Å². The lowest BCUT2D eigenvalue weighted by atomic mass is 10.2. The monoisotopic (exact) mass is 354 g/mol. The lowest BCUT2D eigenvalue weighted by molar-refractivity contribution is 0.0922. The first-order valence-electron chi connectivity index (χ1n) is 8.76. The van der Waals surface area contributed by atoms with E-state index in [1.54, 1.807) is 36.4 Å². The maximum Gasteiger partial charge on any atom is 0.255 e. The molecule has 1 aliphatic heterocycles. The molecule has 0 saturated carbocycles. The first-order valence-corrected chi connectivity index (χ1v) is 8.76. The lowest BCUT2D eigenvalue weighted by Gasteiger charge is -2.14. The number of hydrogen-bond acceptors (Lipinski definition) is 4. The maximum atomic E-state index is 12.4. The Morgan fingerprint density at radius 1 is 0.654 bits per heavy atom. The zero-order valence-electron chi connectivity index (χ0n) is 14.5. The standard InChI is InChI=1S/C20H22N2O4/c23-19-15-7-1-3-9-17(15)25-13-5-6-14-26-18-10-4-2-8-16(18)20(24)22-12-11-21-19/h1-4,7-10H,5-6,11-14H2,(H,21,23)(H,22,24). The molecule has 2 aromatic rings. The van der Waals surface area contributed by atoms with E-state index in [4.69, 9.17) is 9.47 Å². The first kappa shape index (κ1) is 17.8. The zero-order chi connectivity index (χ0) is 18.2. The highest BCUT2D eigenvalue weighted by Gasteiger charge is 2.14. The Kier molecular flexibility index (Phi) is 6.09. The second kappa shape index (κ2) is 8.89. The topological polar surface area (TPSA) is 76.7 Å². The molecule has 2 aromatic carbocycles. The van der Waals surface area contributed by atoms with Gasteiger partial charge in [-0.05, 0) is 37.1 Å². The van der Waals surface area contributed by atoms with E-state index in [9.17, 15) is 9.59 Å². The molecule has 3 rings (SSSR count). The SMILES string of the molecule is O=C1NCCNC(=O)c2ccccc2OCCCCOc2ccccc21. The molecular weight excluding hydrogens is 332 g/mol. The maximum absolute atomic E-state index is 12.4. The summed E-state index contributed by atoms with van der Waals surface area (Å²) < 4.78 is 11.5. The number of para-hydroxylation sites is 2. The van der Waals surface area contributed by atoms with Crippen LogP contribution in [0.5, 0.6) is 11.5 Å². The molecule has 0 unspecified atom stereocenters. The Morgan fingerprint density at radius 2 is 1.08 bits per heavy atom. The second-order valence-electron chi connectivity index (χ2n) is 5.91. The molecule has 0 aromatic heterocycles. The summed E-state index contributed by atoms with van der Waals surface area (Å²) in [7, 11) is 0. The summed E-state index contributed by atoms with van der Waals surface area (Å²) in [5.41, 5.74) is 0.986. The summed E-state index contributed by atoms with van der Waals surface area (Å²) in [6.45, 7) is 1.63. The van der Waals surface area contributed by atoms with E-state index in [0.29, 0.717) is 48.9 Å². The number of ether oxygens (including phenoxy) is 2. The second-order valence-corrected chi connectivity index (χ2v) is 5.91. The van der Waals surface area contributed by atoms with Crippen molar-refractivity contribution in [3.05, 3.63) is 59.7 Å². The molecule has 0 spiro atoms. The molecule has 0 atom stereocenters. The fourth-order valence-electron chi connectivity index (χ4n) is 2.67. The van der Waals surface area contributed by atoms with Crippen molar-refractivity contribution in [2.75, 3.05) is 26.3 Å². The Bertz CT molecular complexity index is 710. The quantitative estimate of drug-likeness (QED) is 0.762. The third-order valence-corrected chi connectivity index (χ3v) is 4.01. The van der Waals surface area contributed by atoms with E-state index in [2.05, 4.69) is 10.6 Å². The highest BCUT2D eigenvalue weighted by molar-refractivity contribution is 5.98. The van der Waals surface area contributed by atoms with Gasteiger partial charge in [-0.1, -0.05) is 24.3 Å². The van der Waals surface area contributed by atoms with Crippen LogP contribution >= 0.6 is 0 Å². The largest absolute Gasteiger partial charge is 0.493 e. The van der Waals surface area contributed by atoms with Crippen molar-refractivity contribution in [3.63, 3.8) is 0 Å². The number of hydrogen-bond donors (Lipinski definition) is 2. The smallest absolute Gasteiger partial charge is 0.255 e. The minimum Gasteiger partial charge on any atom is -0.493 e. The van der Waals surface area contributed by atoms with E-state index in [1.165, 1.54) is 0 Å². The van der Waals surface area contributed by atoms with Gasteiger partial charge in [-0.15, -0.1) is 0 Å².